The molecule has 26 heavy (non-hydrogen) atoms. The molecule has 0 N–H and O–H groups in total. The molecular formula is C19H22N2O4S. The van der Waals surface area contributed by atoms with Crippen LogP contribution in [0.5, 0.6) is 0 Å². The summed E-state index contributed by atoms with van der Waals surface area (Å²) in [6, 6.07) is 14.1. The van der Waals surface area contributed by atoms with Gasteiger partial charge in [-0.3, -0.25) is 0 Å². The van der Waals surface area contributed by atoms with Crippen LogP contribution in [0.15, 0.2) is 53.4 Å². The summed E-state index contributed by atoms with van der Waals surface area (Å²) in [5.41, 5.74) is 2.64. The van der Waals surface area contributed by atoms with Gasteiger partial charge < -0.3 is 9.64 Å². The fraction of sp³-hybridized carbons (Fsp3) is 0.316. The number of carbonyl (C=O) groups is 1. The molecule has 0 bridgehead atoms. The summed E-state index contributed by atoms with van der Waals surface area (Å²) < 4.78 is 31.8. The molecule has 0 atom stereocenters. The molecule has 6 nitrogen and oxygen atoms in total. The van der Waals surface area contributed by atoms with Gasteiger partial charge in [0.25, 0.3) is 0 Å². The summed E-state index contributed by atoms with van der Waals surface area (Å²) in [6.07, 6.45) is 0. The Hall–Kier alpha value is -2.38. The second kappa shape index (κ2) is 7.47. The molecule has 1 aliphatic heterocycles. The van der Waals surface area contributed by atoms with Crippen LogP contribution in [-0.2, 0) is 14.8 Å². The molecule has 0 unspecified atom stereocenters. The zero-order valence-electron chi connectivity index (χ0n) is 14.9. The van der Waals surface area contributed by atoms with E-state index in [2.05, 4.69) is 33.9 Å². The fourth-order valence-corrected chi connectivity index (χ4v) is 4.39. The van der Waals surface area contributed by atoms with E-state index in [-0.39, 0.29) is 4.90 Å². The number of aryl methyl sites for hydroxylation is 1. The van der Waals surface area contributed by atoms with Crippen LogP contribution >= 0.6 is 0 Å². The zero-order chi connectivity index (χ0) is 18.7. The SMILES string of the molecule is COC(=O)c1ccc(S(=O)(=O)N2CCN(c3ccc(C)cc3)CC2)cc1. The maximum atomic E-state index is 12.8. The fourth-order valence-electron chi connectivity index (χ4n) is 2.97. The van der Waals surface area contributed by atoms with Crippen molar-refractivity contribution in [1.29, 1.82) is 0 Å². The van der Waals surface area contributed by atoms with Crippen molar-refractivity contribution >= 4 is 21.7 Å². The first kappa shape index (κ1) is 18.4. The summed E-state index contributed by atoms with van der Waals surface area (Å²) in [6.45, 7) is 4.18. The third-order valence-corrected chi connectivity index (χ3v) is 6.46. The maximum Gasteiger partial charge on any atom is 0.337 e. The molecule has 3 rings (SSSR count). The van der Waals surface area contributed by atoms with Crippen molar-refractivity contribution in [3.63, 3.8) is 0 Å². The van der Waals surface area contributed by atoms with Gasteiger partial charge in [0.2, 0.25) is 10.0 Å². The topological polar surface area (TPSA) is 66.9 Å². The lowest BCUT2D eigenvalue weighted by Crippen LogP contribution is -2.48. The maximum absolute atomic E-state index is 12.8. The van der Waals surface area contributed by atoms with Crippen LogP contribution in [0.25, 0.3) is 0 Å². The monoisotopic (exact) mass is 374 g/mol. The Kier molecular flexibility index (Phi) is 5.29. The predicted molar refractivity (Wildman–Crippen MR) is 99.9 cm³/mol. The first-order chi connectivity index (χ1) is 12.4. The van der Waals surface area contributed by atoms with E-state index in [0.29, 0.717) is 31.7 Å². The summed E-state index contributed by atoms with van der Waals surface area (Å²) >= 11 is 0. The second-order valence-electron chi connectivity index (χ2n) is 6.24. The van der Waals surface area contributed by atoms with Crippen LogP contribution in [0, 0.1) is 6.92 Å². The van der Waals surface area contributed by atoms with Crippen LogP contribution < -0.4 is 4.90 Å². The van der Waals surface area contributed by atoms with E-state index in [1.54, 1.807) is 0 Å². The Labute approximate surface area is 154 Å². The molecular weight excluding hydrogens is 352 g/mol. The summed E-state index contributed by atoms with van der Waals surface area (Å²) in [7, 11) is -2.28. The van der Waals surface area contributed by atoms with Gasteiger partial charge >= 0.3 is 5.97 Å². The number of sulfonamides is 1. The van der Waals surface area contributed by atoms with E-state index in [0.717, 1.165) is 5.69 Å². The third-order valence-electron chi connectivity index (χ3n) is 4.55. The Balaban J connectivity index is 1.69. The number of ether oxygens (including phenoxy) is 1. The average molecular weight is 374 g/mol. The molecule has 0 amide bonds. The molecule has 0 spiro atoms. The molecule has 1 fully saturated rings. The van der Waals surface area contributed by atoms with Crippen LogP contribution in [0.4, 0.5) is 5.69 Å². The first-order valence-corrected chi connectivity index (χ1v) is 9.86. The first-order valence-electron chi connectivity index (χ1n) is 8.42. The normalized spacial score (nSPS) is 15.7. The van der Waals surface area contributed by atoms with E-state index in [1.807, 2.05) is 6.92 Å². The minimum absolute atomic E-state index is 0.189. The number of methoxy groups -OCH3 is 1. The number of nitrogens with zero attached hydrogens (tertiary/aromatic N) is 2. The summed E-state index contributed by atoms with van der Waals surface area (Å²) in [4.78, 5) is 13.9. The van der Waals surface area contributed by atoms with Crippen molar-refractivity contribution in [3.8, 4) is 0 Å². The predicted octanol–water partition coefficient (Wildman–Crippen LogP) is 2.29. The molecule has 2 aromatic rings. The van der Waals surface area contributed by atoms with Crippen molar-refractivity contribution in [1.82, 2.24) is 4.31 Å². The molecule has 0 aromatic heterocycles. The number of piperazine rings is 1. The van der Waals surface area contributed by atoms with Gasteiger partial charge in [-0.2, -0.15) is 4.31 Å². The van der Waals surface area contributed by atoms with Crippen LogP contribution in [-0.4, -0.2) is 52.0 Å². The highest BCUT2D eigenvalue weighted by Crippen LogP contribution is 2.22. The van der Waals surface area contributed by atoms with Crippen molar-refractivity contribution in [2.75, 3.05) is 38.2 Å². The van der Waals surface area contributed by atoms with Crippen molar-refractivity contribution < 1.29 is 17.9 Å². The minimum atomic E-state index is -3.57. The largest absolute Gasteiger partial charge is 0.465 e. The second-order valence-corrected chi connectivity index (χ2v) is 8.18. The van der Waals surface area contributed by atoms with Crippen molar-refractivity contribution in [2.24, 2.45) is 0 Å². The van der Waals surface area contributed by atoms with Gasteiger partial charge in [0.05, 0.1) is 17.6 Å². The van der Waals surface area contributed by atoms with Crippen molar-refractivity contribution in [3.05, 3.63) is 59.7 Å². The molecule has 0 radical (unpaired) electrons. The van der Waals surface area contributed by atoms with Gasteiger partial charge in [-0.05, 0) is 43.3 Å². The Morgan fingerprint density at radius 3 is 2.04 bits per heavy atom. The standard InChI is InChI=1S/C19H22N2O4S/c1-15-3-7-17(8-4-15)20-11-13-21(14-12-20)26(23,24)18-9-5-16(6-10-18)19(22)25-2/h3-10H,11-14H2,1-2H3. The number of benzene rings is 2. The van der Waals surface area contributed by atoms with Gasteiger partial charge in [0.1, 0.15) is 0 Å². The Bertz CT molecular complexity index is 869. The number of hydrogen-bond donors (Lipinski definition) is 0. The Morgan fingerprint density at radius 1 is 0.923 bits per heavy atom. The third kappa shape index (κ3) is 3.73. The highest BCUT2D eigenvalue weighted by atomic mass is 32.2. The smallest absolute Gasteiger partial charge is 0.337 e. The molecule has 1 aliphatic rings. The zero-order valence-corrected chi connectivity index (χ0v) is 15.7. The molecule has 7 heteroatoms. The van der Waals surface area contributed by atoms with E-state index in [1.165, 1.54) is 41.2 Å². The lowest BCUT2D eigenvalue weighted by atomic mass is 10.2. The molecule has 138 valence electrons. The van der Waals surface area contributed by atoms with Crippen molar-refractivity contribution in [2.45, 2.75) is 11.8 Å². The molecule has 0 saturated carbocycles. The molecule has 2 aromatic carbocycles. The summed E-state index contributed by atoms with van der Waals surface area (Å²) in [5, 5.41) is 0. The van der Waals surface area contributed by atoms with Crippen LogP contribution in [0.2, 0.25) is 0 Å². The van der Waals surface area contributed by atoms with Gasteiger partial charge in [-0.1, -0.05) is 17.7 Å². The van der Waals surface area contributed by atoms with E-state index in [9.17, 15) is 13.2 Å². The van der Waals surface area contributed by atoms with E-state index < -0.39 is 16.0 Å². The number of esters is 1. The number of hydrogen-bond acceptors (Lipinski definition) is 5. The molecule has 1 saturated heterocycles. The highest BCUT2D eigenvalue weighted by Gasteiger charge is 2.28. The number of rotatable bonds is 4. The average Bonchev–Trinajstić information content (AvgIpc) is 2.68. The lowest BCUT2D eigenvalue weighted by Gasteiger charge is -2.35. The van der Waals surface area contributed by atoms with Crippen LogP contribution in [0.3, 0.4) is 0 Å². The van der Waals surface area contributed by atoms with E-state index >= 15 is 0 Å². The molecule has 1 heterocycles. The number of anilines is 1. The van der Waals surface area contributed by atoms with Gasteiger partial charge in [-0.15, -0.1) is 0 Å². The molecule has 0 aliphatic carbocycles. The number of carbonyl (C=O) groups excluding carboxylic acids is 1. The minimum Gasteiger partial charge on any atom is -0.465 e. The quantitative estimate of drug-likeness (QED) is 0.768. The lowest BCUT2D eigenvalue weighted by molar-refractivity contribution is 0.0600. The Morgan fingerprint density at radius 2 is 1.50 bits per heavy atom. The summed E-state index contributed by atoms with van der Waals surface area (Å²) in [5.74, 6) is -0.485. The van der Waals surface area contributed by atoms with Crippen LogP contribution in [0.1, 0.15) is 15.9 Å². The van der Waals surface area contributed by atoms with Gasteiger partial charge in [-0.25, -0.2) is 13.2 Å². The van der Waals surface area contributed by atoms with Gasteiger partial charge in [0.15, 0.2) is 0 Å². The van der Waals surface area contributed by atoms with E-state index in [4.69, 9.17) is 0 Å². The van der Waals surface area contributed by atoms with Gasteiger partial charge in [0, 0.05) is 31.9 Å². The highest BCUT2D eigenvalue weighted by molar-refractivity contribution is 7.89.